The number of aromatic carboxylic acids is 1. The lowest BCUT2D eigenvalue weighted by molar-refractivity contribution is -0.137. The van der Waals surface area contributed by atoms with E-state index < -0.39 is 40.7 Å². The van der Waals surface area contributed by atoms with Crippen molar-refractivity contribution in [1.82, 2.24) is 9.88 Å². The fourth-order valence-corrected chi connectivity index (χ4v) is 5.17. The van der Waals surface area contributed by atoms with Crippen molar-refractivity contribution in [3.63, 3.8) is 0 Å². The van der Waals surface area contributed by atoms with Crippen LogP contribution in [0.3, 0.4) is 0 Å². The number of rotatable bonds is 7. The molecule has 1 aromatic heterocycles. The Bertz CT molecular complexity index is 1620. The zero-order valence-corrected chi connectivity index (χ0v) is 22.3. The average Bonchev–Trinajstić information content (AvgIpc) is 3.13. The first kappa shape index (κ1) is 27.9. The minimum absolute atomic E-state index is 0.0682. The molecule has 7 nitrogen and oxygen atoms in total. The Morgan fingerprint density at radius 1 is 1.05 bits per heavy atom. The predicted molar refractivity (Wildman–Crippen MR) is 142 cm³/mol. The number of benzene rings is 3. The Hall–Kier alpha value is -4.12. The van der Waals surface area contributed by atoms with Crippen molar-refractivity contribution in [1.29, 1.82) is 0 Å². The molecule has 0 fully saturated rings. The van der Waals surface area contributed by atoms with Gasteiger partial charge in [0.05, 0.1) is 22.3 Å². The van der Waals surface area contributed by atoms with Crippen molar-refractivity contribution in [3.05, 3.63) is 86.9 Å². The molecule has 0 aliphatic rings. The lowest BCUT2D eigenvalue weighted by atomic mass is 9.96. The van der Waals surface area contributed by atoms with E-state index in [0.717, 1.165) is 23.8 Å². The molecule has 4 aromatic rings. The van der Waals surface area contributed by atoms with Crippen LogP contribution in [-0.4, -0.2) is 39.0 Å². The maximum atomic E-state index is 13.9. The Balaban J connectivity index is 1.79. The van der Waals surface area contributed by atoms with Gasteiger partial charge in [-0.1, -0.05) is 34.1 Å². The first-order valence-electron chi connectivity index (χ1n) is 11.6. The van der Waals surface area contributed by atoms with Gasteiger partial charge in [0.2, 0.25) is 0 Å². The number of halogens is 4. The monoisotopic (exact) mass is 602 g/mol. The van der Waals surface area contributed by atoms with E-state index in [1.54, 1.807) is 12.1 Å². The summed E-state index contributed by atoms with van der Waals surface area (Å²) in [5, 5.41) is 22.4. The summed E-state index contributed by atoms with van der Waals surface area (Å²) < 4.78 is 43.8. The fourth-order valence-electron chi connectivity index (χ4n) is 4.56. The molecule has 4 rings (SSSR count). The zero-order valence-electron chi connectivity index (χ0n) is 20.7. The van der Waals surface area contributed by atoms with E-state index >= 15 is 0 Å². The van der Waals surface area contributed by atoms with Crippen LogP contribution in [0.4, 0.5) is 13.2 Å². The Morgan fingerprint density at radius 2 is 1.74 bits per heavy atom. The van der Waals surface area contributed by atoms with E-state index in [4.69, 9.17) is 0 Å². The van der Waals surface area contributed by atoms with Crippen molar-refractivity contribution in [3.8, 4) is 17.0 Å². The van der Waals surface area contributed by atoms with Gasteiger partial charge in [-0.3, -0.25) is 9.59 Å². The second kappa shape index (κ2) is 10.6. The van der Waals surface area contributed by atoms with Crippen LogP contribution in [0.2, 0.25) is 0 Å². The summed E-state index contributed by atoms with van der Waals surface area (Å²) in [6, 6.07) is 12.0. The minimum atomic E-state index is -4.74. The summed E-state index contributed by atoms with van der Waals surface area (Å²) in [6.07, 6.45) is -5.01. The molecule has 0 saturated heterocycles. The average molecular weight is 603 g/mol. The van der Waals surface area contributed by atoms with Crippen LogP contribution in [-0.2, 0) is 13.2 Å². The molecule has 0 aliphatic carbocycles. The largest absolute Gasteiger partial charge is 0.507 e. The van der Waals surface area contributed by atoms with Gasteiger partial charge in [-0.15, -0.1) is 0 Å². The van der Waals surface area contributed by atoms with Crippen molar-refractivity contribution in [2.45, 2.75) is 19.5 Å². The summed E-state index contributed by atoms with van der Waals surface area (Å²) in [7, 11) is 1.43. The molecule has 3 aromatic carbocycles. The minimum Gasteiger partial charge on any atom is -0.507 e. The summed E-state index contributed by atoms with van der Waals surface area (Å²) >= 11 is 3.32. The van der Waals surface area contributed by atoms with E-state index in [2.05, 4.69) is 21.2 Å². The molecule has 3 N–H and O–H groups in total. The molecule has 0 unspecified atom stereocenters. The van der Waals surface area contributed by atoms with Crippen molar-refractivity contribution in [2.75, 3.05) is 6.54 Å². The number of nitrogens with zero attached hydrogens (tertiary/aromatic N) is 1. The van der Waals surface area contributed by atoms with Crippen LogP contribution in [0.25, 0.3) is 22.2 Å². The number of carbonyl (C=O) groups is 3. The van der Waals surface area contributed by atoms with E-state index in [1.807, 2.05) is 13.0 Å². The number of nitrogens with one attached hydrogen (secondary N) is 1. The first-order chi connectivity index (χ1) is 18.3. The quantitative estimate of drug-likeness (QED) is 0.214. The van der Waals surface area contributed by atoms with E-state index in [0.29, 0.717) is 10.0 Å². The van der Waals surface area contributed by atoms with E-state index in [1.165, 1.54) is 29.8 Å². The van der Waals surface area contributed by atoms with Gasteiger partial charge in [0.15, 0.2) is 5.78 Å². The van der Waals surface area contributed by atoms with Gasteiger partial charge in [-0.05, 0) is 42.8 Å². The molecule has 0 spiro atoms. The van der Waals surface area contributed by atoms with Crippen molar-refractivity contribution < 1.29 is 37.8 Å². The Morgan fingerprint density at radius 3 is 2.38 bits per heavy atom. The predicted octanol–water partition coefficient (Wildman–Crippen LogP) is 6.34. The highest BCUT2D eigenvalue weighted by Crippen LogP contribution is 2.42. The number of carbonyl (C=O) groups excluding carboxylic acids is 2. The van der Waals surface area contributed by atoms with Crippen LogP contribution in [0, 0.1) is 6.92 Å². The molecule has 0 radical (unpaired) electrons. The smallest absolute Gasteiger partial charge is 0.417 e. The van der Waals surface area contributed by atoms with Crippen LogP contribution < -0.4 is 5.32 Å². The molecule has 0 saturated carbocycles. The number of amides is 1. The number of aryl methyl sites for hydroxylation is 2. The van der Waals surface area contributed by atoms with Crippen LogP contribution in [0.15, 0.2) is 59.1 Å². The molecule has 1 heterocycles. The topological polar surface area (TPSA) is 109 Å². The number of aromatic nitrogens is 1. The van der Waals surface area contributed by atoms with Gasteiger partial charge in [-0.25, -0.2) is 4.79 Å². The van der Waals surface area contributed by atoms with Gasteiger partial charge in [0, 0.05) is 47.1 Å². The molecular formula is C28H22BrF3N2O5. The summed E-state index contributed by atoms with van der Waals surface area (Å²) in [6.45, 7) is 1.69. The SMILES string of the molecule is Cc1cc(Br)cc(C(=O)NCCC(=O)c2c(-c3ccccc3C(F)(F)F)n(C)c3cc(O)c(C(=O)O)cc23)c1. The van der Waals surface area contributed by atoms with Gasteiger partial charge < -0.3 is 20.1 Å². The van der Waals surface area contributed by atoms with Crippen LogP contribution >= 0.6 is 15.9 Å². The molecule has 0 bridgehead atoms. The second-order valence-corrected chi connectivity index (χ2v) is 9.88. The summed E-state index contributed by atoms with van der Waals surface area (Å²) in [4.78, 5) is 37.8. The van der Waals surface area contributed by atoms with Gasteiger partial charge in [0.25, 0.3) is 5.91 Å². The summed E-state index contributed by atoms with van der Waals surface area (Å²) in [5.41, 5.74) is -0.619. The maximum Gasteiger partial charge on any atom is 0.417 e. The number of fused-ring (bicyclic) bond motifs is 1. The number of phenols is 1. The molecule has 202 valence electrons. The third-order valence-electron chi connectivity index (χ3n) is 6.26. The Labute approximate surface area is 229 Å². The highest BCUT2D eigenvalue weighted by molar-refractivity contribution is 9.10. The molecule has 39 heavy (non-hydrogen) atoms. The van der Waals surface area contributed by atoms with Gasteiger partial charge >= 0.3 is 12.1 Å². The number of carboxylic acids is 1. The van der Waals surface area contributed by atoms with E-state index in [-0.39, 0.29) is 40.7 Å². The third-order valence-corrected chi connectivity index (χ3v) is 6.71. The third kappa shape index (κ3) is 5.53. The highest BCUT2D eigenvalue weighted by Gasteiger charge is 2.36. The number of carboxylic acid groups (broad SMARTS) is 1. The zero-order chi connectivity index (χ0) is 28.6. The number of ketones is 1. The lowest BCUT2D eigenvalue weighted by Crippen LogP contribution is -2.26. The summed E-state index contributed by atoms with van der Waals surface area (Å²) in [5.74, 6) is -3.11. The van der Waals surface area contributed by atoms with Crippen molar-refractivity contribution >= 4 is 44.5 Å². The number of aromatic hydroxyl groups is 1. The fraction of sp³-hybridized carbons (Fsp3) is 0.179. The normalized spacial score (nSPS) is 11.5. The highest BCUT2D eigenvalue weighted by atomic mass is 79.9. The second-order valence-electron chi connectivity index (χ2n) is 8.96. The Kier molecular flexibility index (Phi) is 7.56. The molecule has 11 heteroatoms. The van der Waals surface area contributed by atoms with Crippen molar-refractivity contribution in [2.24, 2.45) is 7.05 Å². The number of hydrogen-bond donors (Lipinski definition) is 3. The first-order valence-corrected chi connectivity index (χ1v) is 12.4. The lowest BCUT2D eigenvalue weighted by Gasteiger charge is -2.15. The standard InChI is InChI=1S/C28H22BrF3N2O5/c1-14-9-15(11-16(29)10-14)26(37)33-8-7-22(35)24-18-12-19(27(38)39)23(36)13-21(18)34(2)25(24)17-5-3-4-6-20(17)28(30,31)32/h3-6,9-13,36H,7-8H2,1-2H3,(H,33,37)(H,38,39). The van der Waals surface area contributed by atoms with Crippen LogP contribution in [0.5, 0.6) is 5.75 Å². The number of hydrogen-bond acceptors (Lipinski definition) is 4. The molecule has 0 atom stereocenters. The molecular weight excluding hydrogens is 581 g/mol. The molecule has 1 amide bonds. The number of alkyl halides is 3. The molecule has 0 aliphatic heterocycles. The number of Topliss-reactive ketones (excluding diaryl/α,β-unsaturated/α-hetero) is 1. The van der Waals surface area contributed by atoms with E-state index in [9.17, 15) is 37.8 Å². The van der Waals surface area contributed by atoms with Gasteiger partial charge in [0.1, 0.15) is 11.3 Å². The van der Waals surface area contributed by atoms with Crippen LogP contribution in [0.1, 0.15) is 48.6 Å². The maximum absolute atomic E-state index is 13.9. The van der Waals surface area contributed by atoms with Gasteiger partial charge in [-0.2, -0.15) is 13.2 Å².